The molecule has 0 aliphatic carbocycles. The number of carbonyl (C=O) groups excluding carboxylic acids is 1. The van der Waals surface area contributed by atoms with Crippen molar-refractivity contribution >= 4 is 5.91 Å². The van der Waals surface area contributed by atoms with Crippen molar-refractivity contribution in [3.63, 3.8) is 0 Å². The zero-order valence-electron chi connectivity index (χ0n) is 7.29. The molecular formula is C8H15NO2. The van der Waals surface area contributed by atoms with Crippen LogP contribution in [0.5, 0.6) is 0 Å². The third-order valence-corrected chi connectivity index (χ3v) is 2.74. The van der Waals surface area contributed by atoms with Crippen molar-refractivity contribution in [3.05, 3.63) is 0 Å². The molecule has 1 unspecified atom stereocenters. The molecule has 0 aromatic carbocycles. The number of piperidine rings is 1. The van der Waals surface area contributed by atoms with Gasteiger partial charge in [0, 0.05) is 6.42 Å². The van der Waals surface area contributed by atoms with Crippen LogP contribution in [0.3, 0.4) is 0 Å². The lowest BCUT2D eigenvalue weighted by molar-refractivity contribution is -0.194. The maximum Gasteiger partial charge on any atom is 0.246 e. The third kappa shape index (κ3) is 1.38. The minimum absolute atomic E-state index is 0.0443. The second-order valence-electron chi connectivity index (χ2n) is 3.90. The highest BCUT2D eigenvalue weighted by Crippen LogP contribution is 2.34. The standard InChI is InChI=1S/C8H15NO2/c1-6-8(2,3)5-4-7(10)9(6)11/h6,11H,4-5H2,1-3H3. The van der Waals surface area contributed by atoms with Gasteiger partial charge in [0.05, 0.1) is 6.04 Å². The van der Waals surface area contributed by atoms with Crippen molar-refractivity contribution in [1.82, 2.24) is 5.06 Å². The molecule has 1 N–H and O–H groups in total. The fraction of sp³-hybridized carbons (Fsp3) is 0.875. The maximum atomic E-state index is 11.0. The van der Waals surface area contributed by atoms with Crippen LogP contribution in [0.2, 0.25) is 0 Å². The van der Waals surface area contributed by atoms with Gasteiger partial charge in [0.1, 0.15) is 0 Å². The summed E-state index contributed by atoms with van der Waals surface area (Å²) in [6.07, 6.45) is 1.33. The first kappa shape index (κ1) is 8.53. The van der Waals surface area contributed by atoms with Crippen LogP contribution >= 0.6 is 0 Å². The van der Waals surface area contributed by atoms with Crippen LogP contribution in [-0.4, -0.2) is 22.2 Å². The number of amides is 1. The average Bonchev–Trinajstić information content (AvgIpc) is 1.95. The number of hydrogen-bond donors (Lipinski definition) is 1. The monoisotopic (exact) mass is 157 g/mol. The second-order valence-corrected chi connectivity index (χ2v) is 3.90. The maximum absolute atomic E-state index is 11.0. The number of nitrogens with zero attached hydrogens (tertiary/aromatic N) is 1. The molecular weight excluding hydrogens is 142 g/mol. The fourth-order valence-corrected chi connectivity index (χ4v) is 1.30. The summed E-state index contributed by atoms with van der Waals surface area (Å²) in [7, 11) is 0. The van der Waals surface area contributed by atoms with Crippen LogP contribution in [0, 0.1) is 5.41 Å². The van der Waals surface area contributed by atoms with Gasteiger partial charge in [-0.05, 0) is 18.8 Å². The van der Waals surface area contributed by atoms with Crippen LogP contribution in [0.25, 0.3) is 0 Å². The van der Waals surface area contributed by atoms with Crippen LogP contribution in [0.15, 0.2) is 0 Å². The molecule has 11 heavy (non-hydrogen) atoms. The quantitative estimate of drug-likeness (QED) is 0.540. The fourth-order valence-electron chi connectivity index (χ4n) is 1.30. The summed E-state index contributed by atoms with van der Waals surface area (Å²) < 4.78 is 0. The summed E-state index contributed by atoms with van der Waals surface area (Å²) in [5.41, 5.74) is 0.0443. The number of hydrogen-bond acceptors (Lipinski definition) is 2. The highest BCUT2D eigenvalue weighted by atomic mass is 16.5. The van der Waals surface area contributed by atoms with E-state index in [-0.39, 0.29) is 17.4 Å². The van der Waals surface area contributed by atoms with Gasteiger partial charge in [-0.3, -0.25) is 10.0 Å². The Bertz CT molecular complexity index is 177. The van der Waals surface area contributed by atoms with E-state index in [0.717, 1.165) is 11.5 Å². The van der Waals surface area contributed by atoms with Gasteiger partial charge in [-0.15, -0.1) is 0 Å². The molecule has 0 bridgehead atoms. The van der Waals surface area contributed by atoms with Gasteiger partial charge < -0.3 is 0 Å². The summed E-state index contributed by atoms with van der Waals surface area (Å²) in [5.74, 6) is -0.156. The van der Waals surface area contributed by atoms with E-state index in [4.69, 9.17) is 0 Å². The van der Waals surface area contributed by atoms with Crippen LogP contribution < -0.4 is 0 Å². The Hall–Kier alpha value is -0.570. The predicted octanol–water partition coefficient (Wildman–Crippen LogP) is 1.41. The molecule has 0 saturated carbocycles. The topological polar surface area (TPSA) is 40.5 Å². The summed E-state index contributed by atoms with van der Waals surface area (Å²) in [6, 6.07) is -0.0660. The Balaban J connectivity index is 2.75. The predicted molar refractivity (Wildman–Crippen MR) is 41.1 cm³/mol. The highest BCUT2D eigenvalue weighted by Gasteiger charge is 2.37. The van der Waals surface area contributed by atoms with Gasteiger partial charge in [-0.25, -0.2) is 5.06 Å². The van der Waals surface area contributed by atoms with Crippen LogP contribution in [0.4, 0.5) is 0 Å². The van der Waals surface area contributed by atoms with E-state index in [1.54, 1.807) is 0 Å². The normalized spacial score (nSPS) is 30.7. The van der Waals surface area contributed by atoms with E-state index in [1.165, 1.54) is 0 Å². The van der Waals surface area contributed by atoms with Crippen molar-refractivity contribution < 1.29 is 10.0 Å². The molecule has 1 atom stereocenters. The van der Waals surface area contributed by atoms with E-state index in [9.17, 15) is 10.0 Å². The van der Waals surface area contributed by atoms with Crippen LogP contribution in [0.1, 0.15) is 33.6 Å². The lowest BCUT2D eigenvalue weighted by atomic mass is 9.78. The van der Waals surface area contributed by atoms with E-state index < -0.39 is 0 Å². The third-order valence-electron chi connectivity index (χ3n) is 2.74. The number of rotatable bonds is 0. The lowest BCUT2D eigenvalue weighted by Crippen LogP contribution is -2.49. The first-order valence-electron chi connectivity index (χ1n) is 3.96. The zero-order chi connectivity index (χ0) is 8.65. The second kappa shape index (κ2) is 2.48. The molecule has 3 heteroatoms. The molecule has 0 radical (unpaired) electrons. The Morgan fingerprint density at radius 1 is 1.64 bits per heavy atom. The number of hydroxylamine groups is 2. The molecule has 1 fully saturated rings. The van der Waals surface area contributed by atoms with E-state index in [1.807, 2.05) is 6.92 Å². The van der Waals surface area contributed by atoms with E-state index in [2.05, 4.69) is 13.8 Å². The van der Waals surface area contributed by atoms with E-state index >= 15 is 0 Å². The zero-order valence-corrected chi connectivity index (χ0v) is 7.29. The highest BCUT2D eigenvalue weighted by molar-refractivity contribution is 5.76. The first-order chi connectivity index (χ1) is 4.95. The molecule has 1 saturated heterocycles. The van der Waals surface area contributed by atoms with Crippen molar-refractivity contribution in [2.45, 2.75) is 39.7 Å². The Morgan fingerprint density at radius 2 is 2.18 bits per heavy atom. The van der Waals surface area contributed by atoms with Gasteiger partial charge in [-0.1, -0.05) is 13.8 Å². The van der Waals surface area contributed by atoms with Gasteiger partial charge in [-0.2, -0.15) is 0 Å². The number of carbonyl (C=O) groups is 1. The summed E-state index contributed by atoms with van der Waals surface area (Å²) in [4.78, 5) is 11.0. The molecule has 1 rings (SSSR count). The average molecular weight is 157 g/mol. The molecule has 1 aliphatic rings. The van der Waals surface area contributed by atoms with Crippen molar-refractivity contribution in [3.8, 4) is 0 Å². The first-order valence-corrected chi connectivity index (χ1v) is 3.96. The minimum atomic E-state index is -0.156. The largest absolute Gasteiger partial charge is 0.286 e. The molecule has 1 amide bonds. The summed E-state index contributed by atoms with van der Waals surface area (Å²) >= 11 is 0. The molecule has 0 spiro atoms. The molecule has 0 aromatic heterocycles. The smallest absolute Gasteiger partial charge is 0.246 e. The van der Waals surface area contributed by atoms with Crippen molar-refractivity contribution in [2.75, 3.05) is 0 Å². The molecule has 1 aliphatic heterocycles. The summed E-state index contributed by atoms with van der Waals surface area (Å²) in [6.45, 7) is 6.00. The van der Waals surface area contributed by atoms with Gasteiger partial charge in [0.2, 0.25) is 5.91 Å². The van der Waals surface area contributed by atoms with Gasteiger partial charge in [0.15, 0.2) is 0 Å². The summed E-state index contributed by atoms with van der Waals surface area (Å²) in [5, 5.41) is 10.1. The van der Waals surface area contributed by atoms with E-state index in [0.29, 0.717) is 6.42 Å². The Labute approximate surface area is 67.0 Å². The molecule has 64 valence electrons. The van der Waals surface area contributed by atoms with Gasteiger partial charge >= 0.3 is 0 Å². The minimum Gasteiger partial charge on any atom is -0.286 e. The van der Waals surface area contributed by atoms with Crippen molar-refractivity contribution in [1.29, 1.82) is 0 Å². The van der Waals surface area contributed by atoms with Crippen LogP contribution in [-0.2, 0) is 4.79 Å². The molecule has 0 aromatic rings. The Morgan fingerprint density at radius 3 is 2.64 bits per heavy atom. The van der Waals surface area contributed by atoms with Crippen molar-refractivity contribution in [2.24, 2.45) is 5.41 Å². The molecule has 1 heterocycles. The Kier molecular flexibility index (Phi) is 1.92. The lowest BCUT2D eigenvalue weighted by Gasteiger charge is -2.40. The SMILES string of the molecule is CC1N(O)C(=O)CCC1(C)C. The van der Waals surface area contributed by atoms with Gasteiger partial charge in [0.25, 0.3) is 0 Å². The molecule has 3 nitrogen and oxygen atoms in total.